The normalized spacial score (nSPS) is 10.5. The van der Waals surface area contributed by atoms with Crippen molar-refractivity contribution in [3.05, 3.63) is 86.8 Å². The molecular weight excluding hydrogens is 378 g/mol. The molecule has 0 amide bonds. The minimum absolute atomic E-state index is 0.105. The lowest BCUT2D eigenvalue weighted by molar-refractivity contribution is 0.0523. The maximum atomic E-state index is 12.4. The van der Waals surface area contributed by atoms with Crippen molar-refractivity contribution in [2.24, 2.45) is 0 Å². The molecule has 0 spiro atoms. The van der Waals surface area contributed by atoms with E-state index in [-0.39, 0.29) is 12.2 Å². The van der Waals surface area contributed by atoms with Crippen LogP contribution in [0.4, 0.5) is 11.6 Å². The van der Waals surface area contributed by atoms with E-state index in [1.54, 1.807) is 17.6 Å². The lowest BCUT2D eigenvalue weighted by Gasteiger charge is -2.16. The Bertz CT molecular complexity index is 1050. The number of carbonyl (C=O) groups excluding carboxylic acids is 1. The predicted molar refractivity (Wildman–Crippen MR) is 109 cm³/mol. The third-order valence-electron chi connectivity index (χ3n) is 4.20. The topological polar surface area (TPSA) is 73.2 Å². The SMILES string of the molecule is CCOC(=O)c1cn(Cc2ccccc2)c(Nc2cccc(Cl)c2C)nc1=O. The van der Waals surface area contributed by atoms with Crippen molar-refractivity contribution >= 4 is 29.2 Å². The van der Waals surface area contributed by atoms with E-state index in [1.165, 1.54) is 6.20 Å². The molecule has 1 N–H and O–H groups in total. The van der Waals surface area contributed by atoms with Gasteiger partial charge in [0, 0.05) is 16.9 Å². The van der Waals surface area contributed by atoms with Crippen molar-refractivity contribution in [3.8, 4) is 0 Å². The van der Waals surface area contributed by atoms with E-state index in [9.17, 15) is 9.59 Å². The number of benzene rings is 2. The van der Waals surface area contributed by atoms with E-state index >= 15 is 0 Å². The zero-order chi connectivity index (χ0) is 20.1. The third kappa shape index (κ3) is 4.40. The highest BCUT2D eigenvalue weighted by Gasteiger charge is 2.17. The van der Waals surface area contributed by atoms with E-state index < -0.39 is 11.5 Å². The molecule has 0 radical (unpaired) electrons. The number of ether oxygens (including phenoxy) is 1. The Balaban J connectivity index is 2.06. The molecule has 3 rings (SSSR count). The zero-order valence-electron chi connectivity index (χ0n) is 15.6. The molecule has 7 heteroatoms. The molecule has 0 bridgehead atoms. The van der Waals surface area contributed by atoms with Crippen LogP contribution in [0.3, 0.4) is 0 Å². The number of aromatic nitrogens is 2. The molecule has 28 heavy (non-hydrogen) atoms. The molecule has 0 atom stereocenters. The maximum absolute atomic E-state index is 12.4. The van der Waals surface area contributed by atoms with Crippen molar-refractivity contribution < 1.29 is 9.53 Å². The first kappa shape index (κ1) is 19.6. The second-order valence-electron chi connectivity index (χ2n) is 6.15. The molecule has 0 saturated heterocycles. The molecule has 0 aliphatic heterocycles. The van der Waals surface area contributed by atoms with Gasteiger partial charge in [0.05, 0.1) is 13.2 Å². The second kappa shape index (κ2) is 8.71. The molecule has 3 aromatic rings. The quantitative estimate of drug-likeness (QED) is 0.632. The minimum Gasteiger partial charge on any atom is -0.462 e. The van der Waals surface area contributed by atoms with Crippen molar-refractivity contribution in [1.82, 2.24) is 9.55 Å². The standard InChI is InChI=1S/C21H20ClN3O3/c1-3-28-20(27)16-13-25(12-15-8-5-4-6-9-15)21(24-19(16)26)23-18-11-7-10-17(22)14(18)2/h4-11,13H,3,12H2,1-2H3,(H,23,24,26). The van der Waals surface area contributed by atoms with E-state index in [1.807, 2.05) is 49.4 Å². The number of hydrogen-bond acceptors (Lipinski definition) is 5. The highest BCUT2D eigenvalue weighted by atomic mass is 35.5. The number of rotatable bonds is 6. The monoisotopic (exact) mass is 397 g/mol. The molecule has 0 unspecified atom stereocenters. The summed E-state index contributed by atoms with van der Waals surface area (Å²) < 4.78 is 6.69. The van der Waals surface area contributed by atoms with Crippen molar-refractivity contribution in [2.75, 3.05) is 11.9 Å². The Hall–Kier alpha value is -3.12. The van der Waals surface area contributed by atoms with Crippen LogP contribution in [0.2, 0.25) is 5.02 Å². The molecule has 2 aromatic carbocycles. The molecular formula is C21H20ClN3O3. The Kier molecular flexibility index (Phi) is 6.11. The van der Waals surface area contributed by atoms with Crippen LogP contribution in [0.5, 0.6) is 0 Å². The lowest BCUT2D eigenvalue weighted by Crippen LogP contribution is -2.25. The molecule has 6 nitrogen and oxygen atoms in total. The summed E-state index contributed by atoms with van der Waals surface area (Å²) in [6, 6.07) is 15.1. The number of carbonyl (C=O) groups is 1. The summed E-state index contributed by atoms with van der Waals surface area (Å²) >= 11 is 6.19. The Morgan fingerprint density at radius 3 is 2.64 bits per heavy atom. The second-order valence-corrected chi connectivity index (χ2v) is 6.56. The van der Waals surface area contributed by atoms with Gasteiger partial charge in [0.2, 0.25) is 5.95 Å². The van der Waals surface area contributed by atoms with E-state index in [0.717, 1.165) is 16.8 Å². The number of halogens is 1. The van der Waals surface area contributed by atoms with Crippen LogP contribution in [0.15, 0.2) is 59.5 Å². The van der Waals surface area contributed by atoms with Crippen LogP contribution in [0, 0.1) is 6.92 Å². The summed E-state index contributed by atoms with van der Waals surface area (Å²) in [7, 11) is 0. The first-order chi connectivity index (χ1) is 13.5. The first-order valence-electron chi connectivity index (χ1n) is 8.84. The van der Waals surface area contributed by atoms with Gasteiger partial charge in [-0.2, -0.15) is 4.98 Å². The molecule has 144 valence electrons. The number of nitrogens with one attached hydrogen (secondary N) is 1. The van der Waals surface area contributed by atoms with Crippen LogP contribution >= 0.6 is 11.6 Å². The summed E-state index contributed by atoms with van der Waals surface area (Å²) in [5.74, 6) is -0.375. The smallest absolute Gasteiger partial charge is 0.345 e. The Labute approximate surface area is 167 Å². The third-order valence-corrected chi connectivity index (χ3v) is 4.61. The number of esters is 1. The lowest BCUT2D eigenvalue weighted by atomic mass is 10.2. The Morgan fingerprint density at radius 1 is 1.18 bits per heavy atom. The highest BCUT2D eigenvalue weighted by Crippen LogP contribution is 2.25. The van der Waals surface area contributed by atoms with Gasteiger partial charge >= 0.3 is 5.97 Å². The fourth-order valence-electron chi connectivity index (χ4n) is 2.71. The van der Waals surface area contributed by atoms with Gasteiger partial charge in [-0.1, -0.05) is 48.0 Å². The van der Waals surface area contributed by atoms with E-state index in [2.05, 4.69) is 10.3 Å². The van der Waals surface area contributed by atoms with Crippen molar-refractivity contribution in [3.63, 3.8) is 0 Å². The van der Waals surface area contributed by atoms with Gasteiger partial charge in [-0.15, -0.1) is 0 Å². The van der Waals surface area contributed by atoms with Crippen molar-refractivity contribution in [2.45, 2.75) is 20.4 Å². The summed E-state index contributed by atoms with van der Waals surface area (Å²) in [6.07, 6.45) is 1.47. The van der Waals surface area contributed by atoms with E-state index in [4.69, 9.17) is 16.3 Å². The van der Waals surface area contributed by atoms with Crippen LogP contribution < -0.4 is 10.9 Å². The maximum Gasteiger partial charge on any atom is 0.345 e. The van der Waals surface area contributed by atoms with Gasteiger partial charge in [0.1, 0.15) is 5.56 Å². The minimum atomic E-state index is -0.688. The van der Waals surface area contributed by atoms with Gasteiger partial charge in [0.25, 0.3) is 5.56 Å². The van der Waals surface area contributed by atoms with Crippen molar-refractivity contribution in [1.29, 1.82) is 0 Å². The van der Waals surface area contributed by atoms with Gasteiger partial charge < -0.3 is 14.6 Å². The molecule has 0 aliphatic rings. The van der Waals surface area contributed by atoms with Crippen LogP contribution in [0.1, 0.15) is 28.4 Å². The van der Waals surface area contributed by atoms with Crippen LogP contribution in [-0.2, 0) is 11.3 Å². The van der Waals surface area contributed by atoms with Crippen LogP contribution in [0.25, 0.3) is 0 Å². The average molecular weight is 398 g/mol. The van der Waals surface area contributed by atoms with Gasteiger partial charge in [-0.3, -0.25) is 4.79 Å². The molecule has 1 aromatic heterocycles. The first-order valence-corrected chi connectivity index (χ1v) is 9.22. The summed E-state index contributed by atoms with van der Waals surface area (Å²) in [5.41, 5.74) is 1.80. The van der Waals surface area contributed by atoms with Gasteiger partial charge in [0.15, 0.2) is 0 Å². The number of anilines is 2. The predicted octanol–water partition coefficient (Wildman–Crippen LogP) is 4.17. The molecule has 0 aliphatic carbocycles. The summed E-state index contributed by atoms with van der Waals surface area (Å²) in [5, 5.41) is 3.76. The summed E-state index contributed by atoms with van der Waals surface area (Å²) in [4.78, 5) is 28.6. The average Bonchev–Trinajstić information content (AvgIpc) is 2.68. The number of hydrogen-bond donors (Lipinski definition) is 1. The van der Waals surface area contributed by atoms with Crippen LogP contribution in [-0.4, -0.2) is 22.1 Å². The zero-order valence-corrected chi connectivity index (χ0v) is 16.4. The molecule has 0 saturated carbocycles. The fraction of sp³-hybridized carbons (Fsp3) is 0.190. The van der Waals surface area contributed by atoms with Gasteiger partial charge in [-0.25, -0.2) is 4.79 Å². The largest absolute Gasteiger partial charge is 0.462 e. The number of nitrogens with zero attached hydrogens (tertiary/aromatic N) is 2. The summed E-state index contributed by atoms with van der Waals surface area (Å²) in [6.45, 7) is 4.16. The Morgan fingerprint density at radius 2 is 1.93 bits per heavy atom. The molecule has 0 fully saturated rings. The van der Waals surface area contributed by atoms with E-state index in [0.29, 0.717) is 17.5 Å². The van der Waals surface area contributed by atoms with Gasteiger partial charge in [-0.05, 0) is 37.1 Å². The highest BCUT2D eigenvalue weighted by molar-refractivity contribution is 6.31. The molecule has 1 heterocycles. The fourth-order valence-corrected chi connectivity index (χ4v) is 2.88.